The van der Waals surface area contributed by atoms with Crippen LogP contribution in [0.2, 0.25) is 0 Å². The third-order valence-electron chi connectivity index (χ3n) is 9.97. The van der Waals surface area contributed by atoms with E-state index in [1.54, 1.807) is 4.68 Å². The Balaban J connectivity index is 1.03. The lowest BCUT2D eigenvalue weighted by Crippen LogP contribution is -2.63. The molecule has 2 aliphatic rings. The number of nitrogens with one attached hydrogen (secondary N) is 2. The van der Waals surface area contributed by atoms with E-state index in [1.807, 2.05) is 74.6 Å². The number of carbonyl (C=O) groups excluding carboxylic acids is 2. The Kier molecular flexibility index (Phi) is 12.2. The Bertz CT molecular complexity index is 1780. The SMILES string of the molecule is CC(=O)NC1C(OCCCC(C)C(C)CCNC(=O)OCc2ccccc2)OC(Cn2cc(-c3cccc4ccccc34)nn2)C2OC(C)(C)OC12. The van der Waals surface area contributed by atoms with Gasteiger partial charge in [-0.3, -0.25) is 4.79 Å². The summed E-state index contributed by atoms with van der Waals surface area (Å²) in [4.78, 5) is 24.5. The van der Waals surface area contributed by atoms with Gasteiger partial charge in [0.25, 0.3) is 0 Å². The normalized spacial score (nSPS) is 23.4. The van der Waals surface area contributed by atoms with Gasteiger partial charge in [0.05, 0.1) is 12.7 Å². The summed E-state index contributed by atoms with van der Waals surface area (Å²) in [5, 5.41) is 17.1. The number of nitrogens with zero attached hydrogens (tertiary/aromatic N) is 3. The van der Waals surface area contributed by atoms with Crippen molar-refractivity contribution in [3.8, 4) is 11.3 Å². The van der Waals surface area contributed by atoms with Crippen LogP contribution in [0.4, 0.5) is 4.79 Å². The van der Waals surface area contributed by atoms with Crippen molar-refractivity contribution in [3.63, 3.8) is 0 Å². The average molecular weight is 714 g/mol. The molecule has 3 heterocycles. The molecule has 52 heavy (non-hydrogen) atoms. The Morgan fingerprint density at radius 3 is 2.48 bits per heavy atom. The van der Waals surface area contributed by atoms with Crippen molar-refractivity contribution in [2.75, 3.05) is 13.2 Å². The molecular weight excluding hydrogens is 662 g/mol. The van der Waals surface area contributed by atoms with Gasteiger partial charge < -0.3 is 34.3 Å². The van der Waals surface area contributed by atoms with Gasteiger partial charge in [-0.1, -0.05) is 91.9 Å². The van der Waals surface area contributed by atoms with Crippen LogP contribution in [0.25, 0.3) is 22.0 Å². The maximum atomic E-state index is 12.4. The molecule has 0 aliphatic carbocycles. The van der Waals surface area contributed by atoms with Crippen LogP contribution < -0.4 is 10.6 Å². The predicted octanol–water partition coefficient (Wildman–Crippen LogP) is 6.23. The van der Waals surface area contributed by atoms with E-state index in [9.17, 15) is 9.59 Å². The fourth-order valence-electron chi connectivity index (χ4n) is 7.04. The summed E-state index contributed by atoms with van der Waals surface area (Å²) in [5.74, 6) is -0.302. The zero-order valence-electron chi connectivity index (χ0n) is 30.7. The highest BCUT2D eigenvalue weighted by atomic mass is 16.8. The van der Waals surface area contributed by atoms with Crippen LogP contribution in [0.5, 0.6) is 0 Å². The van der Waals surface area contributed by atoms with E-state index in [0.29, 0.717) is 31.5 Å². The van der Waals surface area contributed by atoms with Crippen molar-refractivity contribution < 1.29 is 33.3 Å². The summed E-state index contributed by atoms with van der Waals surface area (Å²) in [5.41, 5.74) is 2.72. The second-order valence-electron chi connectivity index (χ2n) is 14.4. The third-order valence-corrected chi connectivity index (χ3v) is 9.97. The third kappa shape index (κ3) is 9.54. The van der Waals surface area contributed by atoms with Crippen LogP contribution in [0, 0.1) is 11.8 Å². The molecule has 0 spiro atoms. The van der Waals surface area contributed by atoms with Gasteiger partial charge in [-0.2, -0.15) is 0 Å². The lowest BCUT2D eigenvalue weighted by molar-refractivity contribution is -0.248. The molecule has 1 aromatic heterocycles. The standard InChI is InChI=1S/C40H51N5O7/c1-26(27(2)20-21-41-39(47)49-25-29-14-7-6-8-15-29)13-12-22-48-38-35(42-28(3)46)37-36(51-40(4,5)52-37)34(50-38)24-45-23-33(43-44-45)32-19-11-17-30-16-9-10-18-31(30)32/h6-11,14-19,23,26-27,34-38H,12-13,20-22,24-25H2,1-5H3,(H,41,47)(H,42,46). The second-order valence-corrected chi connectivity index (χ2v) is 14.4. The van der Waals surface area contributed by atoms with E-state index in [0.717, 1.165) is 46.9 Å². The average Bonchev–Trinajstić information content (AvgIpc) is 3.73. The van der Waals surface area contributed by atoms with E-state index >= 15 is 0 Å². The number of hydrogen-bond donors (Lipinski definition) is 2. The predicted molar refractivity (Wildman–Crippen MR) is 196 cm³/mol. The summed E-state index contributed by atoms with van der Waals surface area (Å²) >= 11 is 0. The molecular formula is C40H51N5O7. The van der Waals surface area contributed by atoms with Gasteiger partial charge in [0.2, 0.25) is 5.91 Å². The Morgan fingerprint density at radius 2 is 1.67 bits per heavy atom. The van der Waals surface area contributed by atoms with Gasteiger partial charge in [-0.15, -0.1) is 5.10 Å². The van der Waals surface area contributed by atoms with Crippen molar-refractivity contribution in [2.24, 2.45) is 11.8 Å². The Labute approximate surface area is 305 Å². The molecule has 278 valence electrons. The van der Waals surface area contributed by atoms with Gasteiger partial charge in [0.1, 0.15) is 36.7 Å². The molecule has 2 aliphatic heterocycles. The van der Waals surface area contributed by atoms with Crippen LogP contribution in [-0.4, -0.2) is 76.6 Å². The highest BCUT2D eigenvalue weighted by Gasteiger charge is 2.56. The smallest absolute Gasteiger partial charge is 0.407 e. The van der Waals surface area contributed by atoms with Gasteiger partial charge in [-0.05, 0) is 61.3 Å². The van der Waals surface area contributed by atoms with Crippen molar-refractivity contribution in [1.29, 1.82) is 0 Å². The number of benzene rings is 3. The van der Waals surface area contributed by atoms with Crippen LogP contribution in [-0.2, 0) is 41.6 Å². The zero-order chi connectivity index (χ0) is 36.7. The summed E-state index contributed by atoms with van der Waals surface area (Å²) in [6.07, 6.45) is 1.87. The number of aromatic nitrogens is 3. The molecule has 7 unspecified atom stereocenters. The van der Waals surface area contributed by atoms with E-state index in [-0.39, 0.29) is 12.5 Å². The quantitative estimate of drug-likeness (QED) is 0.138. The van der Waals surface area contributed by atoms with Crippen LogP contribution in [0.1, 0.15) is 59.4 Å². The topological polar surface area (TPSA) is 135 Å². The van der Waals surface area contributed by atoms with Crippen LogP contribution in [0.15, 0.2) is 79.0 Å². The highest BCUT2D eigenvalue weighted by Crippen LogP contribution is 2.39. The van der Waals surface area contributed by atoms with Crippen molar-refractivity contribution in [3.05, 3.63) is 84.6 Å². The van der Waals surface area contributed by atoms with Gasteiger partial charge in [0.15, 0.2) is 12.1 Å². The number of ether oxygens (including phenoxy) is 5. The van der Waals surface area contributed by atoms with Gasteiger partial charge in [-0.25, -0.2) is 9.48 Å². The molecule has 12 heteroatoms. The molecule has 2 fully saturated rings. The maximum absolute atomic E-state index is 12.4. The second kappa shape index (κ2) is 17.0. The van der Waals surface area contributed by atoms with Crippen molar-refractivity contribution in [1.82, 2.24) is 25.6 Å². The minimum atomic E-state index is -0.877. The number of fused-ring (bicyclic) bond motifs is 2. The van der Waals surface area contributed by atoms with Gasteiger partial charge >= 0.3 is 6.09 Å². The molecule has 2 N–H and O–H groups in total. The Morgan fingerprint density at radius 1 is 0.942 bits per heavy atom. The van der Waals surface area contributed by atoms with E-state index in [4.69, 9.17) is 23.7 Å². The first-order valence-corrected chi connectivity index (χ1v) is 18.3. The molecule has 4 aromatic rings. The van der Waals surface area contributed by atoms with Crippen molar-refractivity contribution >= 4 is 22.8 Å². The Hall–Kier alpha value is -4.36. The molecule has 0 saturated carbocycles. The molecule has 2 amide bonds. The monoisotopic (exact) mass is 713 g/mol. The van der Waals surface area contributed by atoms with Crippen molar-refractivity contribution in [2.45, 2.75) is 103 Å². The first-order chi connectivity index (χ1) is 25.1. The largest absolute Gasteiger partial charge is 0.445 e. The summed E-state index contributed by atoms with van der Waals surface area (Å²) < 4.78 is 32.8. The molecule has 12 nitrogen and oxygen atoms in total. The number of rotatable bonds is 15. The van der Waals surface area contributed by atoms with Gasteiger partial charge in [0, 0.05) is 25.6 Å². The first kappa shape index (κ1) is 37.4. The summed E-state index contributed by atoms with van der Waals surface area (Å²) in [7, 11) is 0. The fourth-order valence-corrected chi connectivity index (χ4v) is 7.04. The molecule has 3 aromatic carbocycles. The molecule has 0 bridgehead atoms. The van der Waals surface area contributed by atoms with E-state index in [1.165, 1.54) is 6.92 Å². The maximum Gasteiger partial charge on any atom is 0.407 e. The summed E-state index contributed by atoms with van der Waals surface area (Å²) in [6.45, 7) is 11.2. The lowest BCUT2D eigenvalue weighted by Gasteiger charge is -2.42. The van der Waals surface area contributed by atoms with E-state index < -0.39 is 42.5 Å². The van der Waals surface area contributed by atoms with Crippen LogP contribution >= 0.6 is 0 Å². The minimum absolute atomic E-state index is 0.205. The number of alkyl carbamates (subject to hydrolysis) is 1. The lowest BCUT2D eigenvalue weighted by atomic mass is 9.89. The first-order valence-electron chi connectivity index (χ1n) is 18.3. The summed E-state index contributed by atoms with van der Waals surface area (Å²) in [6, 6.07) is 23.4. The molecule has 0 radical (unpaired) electrons. The molecule has 6 rings (SSSR count). The number of carbonyl (C=O) groups is 2. The molecule has 2 saturated heterocycles. The zero-order valence-corrected chi connectivity index (χ0v) is 30.7. The minimum Gasteiger partial charge on any atom is -0.445 e. The number of hydrogen-bond acceptors (Lipinski definition) is 9. The van der Waals surface area contributed by atoms with E-state index in [2.05, 4.69) is 53.0 Å². The molecule has 7 atom stereocenters. The number of amides is 2. The fraction of sp³-hybridized carbons (Fsp3) is 0.500. The van der Waals surface area contributed by atoms with Crippen LogP contribution in [0.3, 0.4) is 0 Å². The highest BCUT2D eigenvalue weighted by molar-refractivity contribution is 5.95.